The maximum Gasteiger partial charge on any atom is 0.225 e. The Labute approximate surface area is 136 Å². The molecule has 3 rings (SSSR count). The zero-order chi connectivity index (χ0) is 14.7. The maximum atomic E-state index is 13.5. The summed E-state index contributed by atoms with van der Waals surface area (Å²) in [5, 5.41) is 6.08. The highest BCUT2D eigenvalue weighted by molar-refractivity contribution is 5.90. The van der Waals surface area contributed by atoms with Gasteiger partial charge in [0, 0.05) is 19.5 Å². The summed E-state index contributed by atoms with van der Waals surface area (Å²) in [5.74, 6) is 1.04. The van der Waals surface area contributed by atoms with Crippen LogP contribution >= 0.6 is 12.4 Å². The molecule has 1 amide bonds. The molecule has 6 heteroatoms. The van der Waals surface area contributed by atoms with Gasteiger partial charge in [-0.05, 0) is 50.0 Å². The third-order valence-corrected chi connectivity index (χ3v) is 4.59. The van der Waals surface area contributed by atoms with Crippen molar-refractivity contribution < 1.29 is 9.18 Å². The number of nitrogens with one attached hydrogen (secondary N) is 2. The monoisotopic (exact) mass is 327 g/mol. The lowest BCUT2D eigenvalue weighted by atomic mass is 9.89. The number of anilines is 1. The molecule has 2 atom stereocenters. The van der Waals surface area contributed by atoms with Gasteiger partial charge in [-0.1, -0.05) is 12.1 Å². The molecule has 0 bridgehead atoms. The van der Waals surface area contributed by atoms with Crippen molar-refractivity contribution in [2.24, 2.45) is 11.8 Å². The van der Waals surface area contributed by atoms with Crippen LogP contribution in [0.2, 0.25) is 0 Å². The molecule has 0 radical (unpaired) electrons. The van der Waals surface area contributed by atoms with E-state index in [1.54, 1.807) is 18.2 Å². The molecule has 0 aliphatic carbocycles. The highest BCUT2D eigenvalue weighted by Crippen LogP contribution is 2.26. The first-order chi connectivity index (χ1) is 10.2. The quantitative estimate of drug-likeness (QED) is 0.890. The van der Waals surface area contributed by atoms with Gasteiger partial charge in [-0.25, -0.2) is 4.39 Å². The Kier molecular flexibility index (Phi) is 6.17. The average molecular weight is 328 g/mol. The fourth-order valence-electron chi connectivity index (χ4n) is 3.35. The minimum atomic E-state index is -0.385. The first-order valence-electron chi connectivity index (χ1n) is 7.70. The van der Waals surface area contributed by atoms with E-state index in [0.717, 1.165) is 44.6 Å². The van der Waals surface area contributed by atoms with Crippen LogP contribution in [0.3, 0.4) is 0 Å². The smallest absolute Gasteiger partial charge is 0.225 e. The van der Waals surface area contributed by atoms with Crippen LogP contribution in [0.15, 0.2) is 24.3 Å². The van der Waals surface area contributed by atoms with Gasteiger partial charge in [-0.2, -0.15) is 0 Å². The summed E-state index contributed by atoms with van der Waals surface area (Å²) >= 11 is 0. The number of hydrogen-bond acceptors (Lipinski definition) is 3. The summed E-state index contributed by atoms with van der Waals surface area (Å²) in [7, 11) is 0. The van der Waals surface area contributed by atoms with Gasteiger partial charge in [0.15, 0.2) is 0 Å². The van der Waals surface area contributed by atoms with Crippen molar-refractivity contribution in [2.45, 2.75) is 12.8 Å². The second-order valence-electron chi connectivity index (χ2n) is 6.05. The molecule has 2 fully saturated rings. The number of piperidine rings is 1. The number of amides is 1. The molecule has 1 aromatic rings. The van der Waals surface area contributed by atoms with E-state index in [0.29, 0.717) is 6.42 Å². The largest absolute Gasteiger partial charge is 0.324 e. The number of benzene rings is 1. The van der Waals surface area contributed by atoms with Crippen molar-refractivity contribution in [1.29, 1.82) is 0 Å². The van der Waals surface area contributed by atoms with Crippen LogP contribution in [0, 0.1) is 17.7 Å². The summed E-state index contributed by atoms with van der Waals surface area (Å²) in [5.41, 5.74) is 0.265. The molecule has 2 heterocycles. The Balaban J connectivity index is 0.00000176. The average Bonchev–Trinajstić information content (AvgIpc) is 2.95. The van der Waals surface area contributed by atoms with Gasteiger partial charge in [0.05, 0.1) is 5.69 Å². The molecule has 2 N–H and O–H groups in total. The second-order valence-corrected chi connectivity index (χ2v) is 6.05. The van der Waals surface area contributed by atoms with Crippen LogP contribution < -0.4 is 10.6 Å². The van der Waals surface area contributed by atoms with Crippen LogP contribution in [-0.4, -0.2) is 43.5 Å². The van der Waals surface area contributed by atoms with Crippen LogP contribution in [0.1, 0.15) is 12.8 Å². The molecular formula is C16H23ClFN3O. The van der Waals surface area contributed by atoms with Crippen molar-refractivity contribution in [3.63, 3.8) is 0 Å². The van der Waals surface area contributed by atoms with Gasteiger partial charge >= 0.3 is 0 Å². The number of likely N-dealkylation sites (tertiary alicyclic amines) is 1. The molecule has 2 aliphatic heterocycles. The molecular weight excluding hydrogens is 305 g/mol. The zero-order valence-electron chi connectivity index (χ0n) is 12.6. The van der Waals surface area contributed by atoms with Gasteiger partial charge < -0.3 is 15.5 Å². The molecule has 1 aromatic carbocycles. The van der Waals surface area contributed by atoms with Gasteiger partial charge in [0.1, 0.15) is 5.82 Å². The van der Waals surface area contributed by atoms with Crippen molar-refractivity contribution in [3.05, 3.63) is 30.1 Å². The fourth-order valence-corrected chi connectivity index (χ4v) is 3.35. The Bertz CT molecular complexity index is 514. The van der Waals surface area contributed by atoms with Crippen molar-refractivity contribution in [3.8, 4) is 0 Å². The molecule has 0 aromatic heterocycles. The molecule has 0 saturated carbocycles. The standard InChI is InChI=1S/C16H22FN3O.ClH/c17-14-3-1-2-4-15(14)19-16(21)6-8-20-7-5-12-9-18-10-13(12)11-20;/h1-4,12-13,18H,5-11H2,(H,19,21);1H. The Morgan fingerprint density at radius 3 is 2.91 bits per heavy atom. The van der Waals surface area contributed by atoms with Gasteiger partial charge in [0.2, 0.25) is 5.91 Å². The number of halogens is 2. The van der Waals surface area contributed by atoms with E-state index in [1.807, 2.05) is 0 Å². The predicted octanol–water partition coefficient (Wildman–Crippen LogP) is 2.12. The maximum absolute atomic E-state index is 13.5. The number of carbonyl (C=O) groups excluding carboxylic acids is 1. The SMILES string of the molecule is Cl.O=C(CCN1CCC2CNCC2C1)Nc1ccccc1F. The van der Waals surface area contributed by atoms with Crippen molar-refractivity contribution in [1.82, 2.24) is 10.2 Å². The Hall–Kier alpha value is -1.17. The topological polar surface area (TPSA) is 44.4 Å². The summed E-state index contributed by atoms with van der Waals surface area (Å²) in [6.07, 6.45) is 1.63. The molecule has 2 aliphatic rings. The van der Waals surface area contributed by atoms with E-state index in [2.05, 4.69) is 15.5 Å². The molecule has 4 nitrogen and oxygen atoms in total. The minimum Gasteiger partial charge on any atom is -0.324 e. The summed E-state index contributed by atoms with van der Waals surface area (Å²) < 4.78 is 13.5. The van der Waals surface area contributed by atoms with Crippen molar-refractivity contribution in [2.75, 3.05) is 38.0 Å². The highest BCUT2D eigenvalue weighted by Gasteiger charge is 2.32. The fraction of sp³-hybridized carbons (Fsp3) is 0.562. The third kappa shape index (κ3) is 4.18. The summed E-state index contributed by atoms with van der Waals surface area (Å²) in [4.78, 5) is 14.3. The van der Waals surface area contributed by atoms with E-state index in [9.17, 15) is 9.18 Å². The Morgan fingerprint density at radius 2 is 2.09 bits per heavy atom. The lowest BCUT2D eigenvalue weighted by Gasteiger charge is -2.34. The second kappa shape index (κ2) is 7.90. The number of carbonyl (C=O) groups is 1. The molecule has 2 saturated heterocycles. The number of hydrogen-bond donors (Lipinski definition) is 2. The molecule has 122 valence electrons. The van der Waals surface area contributed by atoms with E-state index in [1.165, 1.54) is 12.5 Å². The highest BCUT2D eigenvalue weighted by atomic mass is 35.5. The number of rotatable bonds is 4. The van der Waals surface area contributed by atoms with E-state index < -0.39 is 0 Å². The number of para-hydroxylation sites is 1. The zero-order valence-corrected chi connectivity index (χ0v) is 13.4. The van der Waals surface area contributed by atoms with Gasteiger partial charge in [-0.3, -0.25) is 4.79 Å². The lowest BCUT2D eigenvalue weighted by molar-refractivity contribution is -0.116. The molecule has 22 heavy (non-hydrogen) atoms. The third-order valence-electron chi connectivity index (χ3n) is 4.59. The predicted molar refractivity (Wildman–Crippen MR) is 87.8 cm³/mol. The van der Waals surface area contributed by atoms with E-state index in [-0.39, 0.29) is 29.8 Å². The van der Waals surface area contributed by atoms with E-state index >= 15 is 0 Å². The first kappa shape index (κ1) is 17.2. The van der Waals surface area contributed by atoms with Gasteiger partial charge in [-0.15, -0.1) is 12.4 Å². The number of fused-ring (bicyclic) bond motifs is 1. The van der Waals surface area contributed by atoms with Crippen LogP contribution in [-0.2, 0) is 4.79 Å². The Morgan fingerprint density at radius 1 is 1.32 bits per heavy atom. The molecule has 2 unspecified atom stereocenters. The number of nitrogens with zero attached hydrogens (tertiary/aromatic N) is 1. The summed E-state index contributed by atoms with van der Waals surface area (Å²) in [6.45, 7) is 5.14. The normalized spacial score (nSPS) is 24.4. The minimum absolute atomic E-state index is 0. The van der Waals surface area contributed by atoms with Gasteiger partial charge in [0.25, 0.3) is 0 Å². The summed E-state index contributed by atoms with van der Waals surface area (Å²) in [6, 6.07) is 6.28. The first-order valence-corrected chi connectivity index (χ1v) is 7.70. The molecule has 0 spiro atoms. The van der Waals surface area contributed by atoms with Crippen LogP contribution in [0.5, 0.6) is 0 Å². The lowest BCUT2D eigenvalue weighted by Crippen LogP contribution is -2.41. The van der Waals surface area contributed by atoms with E-state index in [4.69, 9.17) is 0 Å². The van der Waals surface area contributed by atoms with Crippen LogP contribution in [0.25, 0.3) is 0 Å². The van der Waals surface area contributed by atoms with Crippen molar-refractivity contribution >= 4 is 24.0 Å². The van der Waals surface area contributed by atoms with Crippen LogP contribution in [0.4, 0.5) is 10.1 Å².